The number of hydrogen-bond acceptors (Lipinski definition) is 3. The molecule has 3 heterocycles. The molecule has 0 radical (unpaired) electrons. The van der Waals surface area contributed by atoms with Crippen LogP contribution in [0.3, 0.4) is 0 Å². The standard InChI is InChI=1S/C8H16N2O/c9-2-1-3-10-7-4-8(10)6-11-5-7/h7-8H,1-6,9H2. The van der Waals surface area contributed by atoms with E-state index in [0.717, 1.165) is 38.3 Å². The number of hydrogen-bond donors (Lipinski definition) is 1. The third-order valence-electron chi connectivity index (χ3n) is 2.72. The number of morpholine rings is 1. The molecule has 2 bridgehead atoms. The third-order valence-corrected chi connectivity index (χ3v) is 2.72. The minimum Gasteiger partial charge on any atom is -0.378 e. The van der Waals surface area contributed by atoms with Crippen molar-refractivity contribution in [3.8, 4) is 0 Å². The Kier molecular flexibility index (Phi) is 2.11. The Balaban J connectivity index is 1.77. The van der Waals surface area contributed by atoms with Crippen molar-refractivity contribution in [1.82, 2.24) is 4.90 Å². The van der Waals surface area contributed by atoms with Crippen molar-refractivity contribution < 1.29 is 4.74 Å². The highest BCUT2D eigenvalue weighted by atomic mass is 16.5. The molecule has 3 saturated heterocycles. The first-order valence-electron chi connectivity index (χ1n) is 4.45. The van der Waals surface area contributed by atoms with Gasteiger partial charge in [-0.15, -0.1) is 0 Å². The lowest BCUT2D eigenvalue weighted by Gasteiger charge is -2.52. The molecule has 3 aliphatic heterocycles. The van der Waals surface area contributed by atoms with E-state index < -0.39 is 0 Å². The summed E-state index contributed by atoms with van der Waals surface area (Å²) < 4.78 is 5.37. The Morgan fingerprint density at radius 3 is 2.64 bits per heavy atom. The summed E-state index contributed by atoms with van der Waals surface area (Å²) in [5.41, 5.74) is 5.45. The third kappa shape index (κ3) is 1.28. The van der Waals surface area contributed by atoms with Gasteiger partial charge in [0.1, 0.15) is 0 Å². The van der Waals surface area contributed by atoms with Gasteiger partial charge in [-0.25, -0.2) is 0 Å². The largest absolute Gasteiger partial charge is 0.378 e. The van der Waals surface area contributed by atoms with Gasteiger partial charge in [0.05, 0.1) is 13.2 Å². The van der Waals surface area contributed by atoms with Crippen molar-refractivity contribution in [2.75, 3.05) is 26.3 Å². The summed E-state index contributed by atoms with van der Waals surface area (Å²) in [6.45, 7) is 3.88. The van der Waals surface area contributed by atoms with Crippen molar-refractivity contribution in [1.29, 1.82) is 0 Å². The SMILES string of the molecule is NCCCN1C2COCC1C2. The molecule has 0 aliphatic carbocycles. The lowest BCUT2D eigenvalue weighted by Crippen LogP contribution is -2.63. The number of fused-ring (bicyclic) bond motifs is 2. The van der Waals surface area contributed by atoms with Gasteiger partial charge in [-0.2, -0.15) is 0 Å². The van der Waals surface area contributed by atoms with E-state index in [1.807, 2.05) is 0 Å². The summed E-state index contributed by atoms with van der Waals surface area (Å²) in [6, 6.07) is 1.44. The van der Waals surface area contributed by atoms with Crippen LogP contribution in [0.4, 0.5) is 0 Å². The molecular weight excluding hydrogens is 140 g/mol. The zero-order valence-corrected chi connectivity index (χ0v) is 6.83. The van der Waals surface area contributed by atoms with Gasteiger partial charge in [0.25, 0.3) is 0 Å². The van der Waals surface area contributed by atoms with Crippen LogP contribution in [0.25, 0.3) is 0 Å². The molecule has 0 aromatic carbocycles. The van der Waals surface area contributed by atoms with Gasteiger partial charge in [0, 0.05) is 18.6 Å². The van der Waals surface area contributed by atoms with Crippen molar-refractivity contribution in [3.05, 3.63) is 0 Å². The van der Waals surface area contributed by atoms with Crippen LogP contribution in [0.1, 0.15) is 12.8 Å². The first-order valence-corrected chi connectivity index (χ1v) is 4.45. The molecule has 64 valence electrons. The zero-order valence-electron chi connectivity index (χ0n) is 6.83. The predicted molar refractivity (Wildman–Crippen MR) is 43.4 cm³/mol. The lowest BCUT2D eigenvalue weighted by atomic mass is 9.91. The van der Waals surface area contributed by atoms with Crippen LogP contribution >= 0.6 is 0 Å². The Bertz CT molecular complexity index is 126. The molecule has 3 aliphatic rings. The molecule has 2 atom stereocenters. The van der Waals surface area contributed by atoms with Gasteiger partial charge in [-0.05, 0) is 19.4 Å². The molecule has 0 amide bonds. The van der Waals surface area contributed by atoms with Crippen LogP contribution in [0, 0.1) is 0 Å². The van der Waals surface area contributed by atoms with Gasteiger partial charge in [-0.3, -0.25) is 4.90 Å². The topological polar surface area (TPSA) is 38.5 Å². The number of nitrogens with zero attached hydrogens (tertiary/aromatic N) is 1. The second kappa shape index (κ2) is 3.09. The molecule has 11 heavy (non-hydrogen) atoms. The van der Waals surface area contributed by atoms with Gasteiger partial charge in [0.15, 0.2) is 0 Å². The number of rotatable bonds is 3. The van der Waals surface area contributed by atoms with Crippen LogP contribution < -0.4 is 5.73 Å². The zero-order chi connectivity index (χ0) is 7.68. The molecule has 0 saturated carbocycles. The summed E-state index contributed by atoms with van der Waals surface area (Å²) in [7, 11) is 0. The summed E-state index contributed by atoms with van der Waals surface area (Å²) >= 11 is 0. The maximum absolute atomic E-state index is 5.45. The van der Waals surface area contributed by atoms with Crippen molar-refractivity contribution in [3.63, 3.8) is 0 Å². The molecule has 3 nitrogen and oxygen atoms in total. The fourth-order valence-corrected chi connectivity index (χ4v) is 2.05. The normalized spacial score (nSPS) is 36.8. The Morgan fingerprint density at radius 2 is 2.09 bits per heavy atom. The van der Waals surface area contributed by atoms with E-state index in [1.54, 1.807) is 0 Å². The van der Waals surface area contributed by atoms with E-state index >= 15 is 0 Å². The van der Waals surface area contributed by atoms with Gasteiger partial charge < -0.3 is 10.5 Å². The van der Waals surface area contributed by atoms with Crippen LogP contribution in [0.2, 0.25) is 0 Å². The van der Waals surface area contributed by atoms with Crippen LogP contribution in [-0.2, 0) is 4.74 Å². The van der Waals surface area contributed by atoms with Crippen LogP contribution in [0.5, 0.6) is 0 Å². The highest BCUT2D eigenvalue weighted by Gasteiger charge is 2.41. The van der Waals surface area contributed by atoms with Crippen molar-refractivity contribution >= 4 is 0 Å². The van der Waals surface area contributed by atoms with Crippen LogP contribution in [-0.4, -0.2) is 43.3 Å². The summed E-state index contributed by atoms with van der Waals surface area (Å²) in [6.07, 6.45) is 2.48. The maximum atomic E-state index is 5.45. The average Bonchev–Trinajstić information content (AvgIpc) is 2.06. The first-order chi connectivity index (χ1) is 5.42. The molecule has 0 aromatic rings. The highest BCUT2D eigenvalue weighted by Crippen LogP contribution is 2.30. The Morgan fingerprint density at radius 1 is 1.36 bits per heavy atom. The van der Waals surface area contributed by atoms with Gasteiger partial charge in [-0.1, -0.05) is 0 Å². The van der Waals surface area contributed by atoms with Crippen LogP contribution in [0.15, 0.2) is 0 Å². The smallest absolute Gasteiger partial charge is 0.0623 e. The van der Waals surface area contributed by atoms with Gasteiger partial charge in [0.2, 0.25) is 0 Å². The molecular formula is C8H16N2O. The van der Waals surface area contributed by atoms with E-state index in [0.29, 0.717) is 0 Å². The first kappa shape index (κ1) is 7.53. The molecule has 2 N–H and O–H groups in total. The number of ether oxygens (including phenoxy) is 1. The molecule has 0 spiro atoms. The second-order valence-corrected chi connectivity index (χ2v) is 3.46. The highest BCUT2D eigenvalue weighted by molar-refractivity contribution is 4.95. The van der Waals surface area contributed by atoms with Crippen molar-refractivity contribution in [2.24, 2.45) is 5.73 Å². The fraction of sp³-hybridized carbons (Fsp3) is 1.00. The number of nitrogens with two attached hydrogens (primary N) is 1. The minimum atomic E-state index is 0.722. The van der Waals surface area contributed by atoms with Crippen molar-refractivity contribution in [2.45, 2.75) is 24.9 Å². The van der Waals surface area contributed by atoms with E-state index in [1.165, 1.54) is 13.0 Å². The average molecular weight is 156 g/mol. The van der Waals surface area contributed by atoms with E-state index in [2.05, 4.69) is 4.90 Å². The summed E-state index contributed by atoms with van der Waals surface area (Å²) in [5, 5.41) is 0. The quantitative estimate of drug-likeness (QED) is 0.615. The Labute approximate surface area is 67.5 Å². The molecule has 3 heteroatoms. The fourth-order valence-electron chi connectivity index (χ4n) is 2.05. The second-order valence-electron chi connectivity index (χ2n) is 3.46. The van der Waals surface area contributed by atoms with E-state index in [-0.39, 0.29) is 0 Å². The molecule has 3 rings (SSSR count). The summed E-state index contributed by atoms with van der Waals surface area (Å²) in [5.74, 6) is 0. The predicted octanol–water partition coefficient (Wildman–Crippen LogP) is -0.192. The lowest BCUT2D eigenvalue weighted by molar-refractivity contribution is -0.126. The van der Waals surface area contributed by atoms with Gasteiger partial charge >= 0.3 is 0 Å². The minimum absolute atomic E-state index is 0.722. The maximum Gasteiger partial charge on any atom is 0.0623 e. The molecule has 0 aromatic heterocycles. The van der Waals surface area contributed by atoms with E-state index in [9.17, 15) is 0 Å². The molecule has 3 fully saturated rings. The Hall–Kier alpha value is -0.120. The van der Waals surface area contributed by atoms with E-state index in [4.69, 9.17) is 10.5 Å². The molecule has 2 unspecified atom stereocenters. The monoisotopic (exact) mass is 156 g/mol. The summed E-state index contributed by atoms with van der Waals surface area (Å²) in [4.78, 5) is 2.54.